The molecular weight excluding hydrogens is 266 g/mol. The lowest BCUT2D eigenvalue weighted by atomic mass is 9.95. The molecule has 1 saturated heterocycles. The van der Waals surface area contributed by atoms with Crippen LogP contribution in [0.3, 0.4) is 0 Å². The molecule has 5 nitrogen and oxygen atoms in total. The van der Waals surface area contributed by atoms with Crippen LogP contribution in [-0.2, 0) is 6.54 Å². The van der Waals surface area contributed by atoms with Gasteiger partial charge >= 0.3 is 0 Å². The summed E-state index contributed by atoms with van der Waals surface area (Å²) in [4.78, 5) is 10.3. The zero-order chi connectivity index (χ0) is 15.0. The largest absolute Gasteiger partial charge is 0.396 e. The molecule has 5 heteroatoms. The van der Waals surface area contributed by atoms with Gasteiger partial charge in [0.2, 0.25) is 0 Å². The zero-order valence-electron chi connectivity index (χ0n) is 12.6. The number of nitrogens with zero attached hydrogens (tertiary/aromatic N) is 2. The number of imidazole rings is 1. The highest BCUT2D eigenvalue weighted by Gasteiger charge is 2.27. The van der Waals surface area contributed by atoms with Crippen molar-refractivity contribution < 1.29 is 10.2 Å². The Morgan fingerprint density at radius 1 is 1.38 bits per heavy atom. The number of β-amino-alcohol motifs (C(OH)–C–C–N with tert-alkyl or cyclic N) is 1. The Labute approximate surface area is 124 Å². The number of aliphatic hydroxyl groups excluding tert-OH is 2. The third-order valence-corrected chi connectivity index (χ3v) is 4.64. The number of rotatable bonds is 3. The predicted molar refractivity (Wildman–Crippen MR) is 82.0 cm³/mol. The molecule has 3 rings (SSSR count). The summed E-state index contributed by atoms with van der Waals surface area (Å²) in [5, 5.41) is 19.2. The molecule has 1 aromatic heterocycles. The summed E-state index contributed by atoms with van der Waals surface area (Å²) in [5.41, 5.74) is 4.57. The Hall–Kier alpha value is -1.43. The summed E-state index contributed by atoms with van der Waals surface area (Å²) < 4.78 is 0. The molecule has 0 aliphatic carbocycles. The van der Waals surface area contributed by atoms with Crippen LogP contribution in [0.4, 0.5) is 0 Å². The second-order valence-electron chi connectivity index (χ2n) is 6.12. The Bertz CT molecular complexity index is 638. The maximum atomic E-state index is 10.0. The first-order valence-electron chi connectivity index (χ1n) is 7.54. The van der Waals surface area contributed by atoms with E-state index in [1.165, 1.54) is 11.1 Å². The van der Waals surface area contributed by atoms with Crippen molar-refractivity contribution in [3.8, 4) is 0 Å². The number of aromatic amines is 1. The third kappa shape index (κ3) is 2.81. The Morgan fingerprint density at radius 3 is 2.90 bits per heavy atom. The van der Waals surface area contributed by atoms with E-state index >= 15 is 0 Å². The quantitative estimate of drug-likeness (QED) is 0.797. The van der Waals surface area contributed by atoms with Gasteiger partial charge in [0.25, 0.3) is 0 Å². The van der Waals surface area contributed by atoms with E-state index in [1.807, 2.05) is 0 Å². The molecule has 0 unspecified atom stereocenters. The van der Waals surface area contributed by atoms with E-state index < -0.39 is 6.10 Å². The Morgan fingerprint density at radius 2 is 2.19 bits per heavy atom. The zero-order valence-corrected chi connectivity index (χ0v) is 12.6. The van der Waals surface area contributed by atoms with Crippen molar-refractivity contribution in [3.05, 3.63) is 29.1 Å². The molecule has 2 aromatic rings. The van der Waals surface area contributed by atoms with E-state index in [-0.39, 0.29) is 12.5 Å². The van der Waals surface area contributed by atoms with Gasteiger partial charge in [-0.05, 0) is 44.0 Å². The highest BCUT2D eigenvalue weighted by Crippen LogP contribution is 2.22. The van der Waals surface area contributed by atoms with E-state index in [1.54, 1.807) is 0 Å². The summed E-state index contributed by atoms with van der Waals surface area (Å²) >= 11 is 0. The topological polar surface area (TPSA) is 72.4 Å². The molecule has 1 aliphatic rings. The summed E-state index contributed by atoms with van der Waals surface area (Å²) in [7, 11) is 0. The van der Waals surface area contributed by atoms with Crippen LogP contribution in [0.1, 0.15) is 23.4 Å². The maximum Gasteiger partial charge on any atom is 0.121 e. The van der Waals surface area contributed by atoms with Crippen LogP contribution in [0.5, 0.6) is 0 Å². The number of aliphatic hydroxyl groups is 2. The van der Waals surface area contributed by atoms with Gasteiger partial charge in [0.1, 0.15) is 5.82 Å². The van der Waals surface area contributed by atoms with Crippen molar-refractivity contribution in [3.63, 3.8) is 0 Å². The van der Waals surface area contributed by atoms with Crippen LogP contribution in [0.2, 0.25) is 0 Å². The Kier molecular flexibility index (Phi) is 3.97. The number of fused-ring (bicyclic) bond motifs is 1. The standard InChI is InChI=1S/C16H23N3O2/c1-10-3-4-13-16(11(10)2)18-15(17-13)8-19-6-5-12(9-20)14(21)7-19/h3-4,12,14,20-21H,5-9H2,1-2H3,(H,17,18)/t12-,14+/m1/s1. The van der Waals surface area contributed by atoms with E-state index in [9.17, 15) is 10.2 Å². The molecule has 3 N–H and O–H groups in total. The van der Waals surface area contributed by atoms with Gasteiger partial charge in [-0.15, -0.1) is 0 Å². The molecule has 1 aliphatic heterocycles. The van der Waals surface area contributed by atoms with Gasteiger partial charge in [-0.2, -0.15) is 0 Å². The monoisotopic (exact) mass is 289 g/mol. The molecule has 114 valence electrons. The summed E-state index contributed by atoms with van der Waals surface area (Å²) in [6, 6.07) is 4.18. The van der Waals surface area contributed by atoms with Gasteiger partial charge in [0.05, 0.1) is 23.7 Å². The van der Waals surface area contributed by atoms with Crippen molar-refractivity contribution in [1.82, 2.24) is 14.9 Å². The van der Waals surface area contributed by atoms with Crippen LogP contribution < -0.4 is 0 Å². The predicted octanol–water partition coefficient (Wildman–Crippen LogP) is 1.35. The molecule has 0 radical (unpaired) electrons. The van der Waals surface area contributed by atoms with E-state index in [0.29, 0.717) is 13.1 Å². The summed E-state index contributed by atoms with van der Waals surface area (Å²) in [6.07, 6.45) is 0.382. The van der Waals surface area contributed by atoms with Gasteiger partial charge in [-0.3, -0.25) is 4.90 Å². The highest BCUT2D eigenvalue weighted by atomic mass is 16.3. The number of aromatic nitrogens is 2. The highest BCUT2D eigenvalue weighted by molar-refractivity contribution is 5.79. The van der Waals surface area contributed by atoms with Gasteiger partial charge in [-0.25, -0.2) is 4.98 Å². The van der Waals surface area contributed by atoms with Crippen molar-refractivity contribution in [2.24, 2.45) is 5.92 Å². The number of aryl methyl sites for hydroxylation is 2. The van der Waals surface area contributed by atoms with Gasteiger partial charge in [0.15, 0.2) is 0 Å². The number of hydrogen-bond acceptors (Lipinski definition) is 4. The molecule has 0 saturated carbocycles. The summed E-state index contributed by atoms with van der Waals surface area (Å²) in [6.45, 7) is 6.45. The van der Waals surface area contributed by atoms with Crippen LogP contribution in [0, 0.1) is 19.8 Å². The van der Waals surface area contributed by atoms with Gasteiger partial charge in [-0.1, -0.05) is 6.07 Å². The molecule has 0 spiro atoms. The van der Waals surface area contributed by atoms with Gasteiger partial charge in [0, 0.05) is 19.1 Å². The molecule has 0 bridgehead atoms. The fourth-order valence-electron chi connectivity index (χ4n) is 3.05. The van der Waals surface area contributed by atoms with Crippen LogP contribution in [0.15, 0.2) is 12.1 Å². The van der Waals surface area contributed by atoms with E-state index in [4.69, 9.17) is 4.98 Å². The number of piperidine rings is 1. The summed E-state index contributed by atoms with van der Waals surface area (Å²) in [5.74, 6) is 0.954. The average Bonchev–Trinajstić information content (AvgIpc) is 2.87. The second kappa shape index (κ2) is 5.75. The van der Waals surface area contributed by atoms with Crippen LogP contribution >= 0.6 is 0 Å². The second-order valence-corrected chi connectivity index (χ2v) is 6.12. The first-order valence-corrected chi connectivity index (χ1v) is 7.54. The number of likely N-dealkylation sites (tertiary alicyclic amines) is 1. The third-order valence-electron chi connectivity index (χ3n) is 4.64. The lowest BCUT2D eigenvalue weighted by Crippen LogP contribution is -2.44. The smallest absolute Gasteiger partial charge is 0.121 e. The molecule has 2 atom stereocenters. The van der Waals surface area contributed by atoms with Crippen molar-refractivity contribution in [2.45, 2.75) is 32.9 Å². The molecule has 2 heterocycles. The van der Waals surface area contributed by atoms with Crippen LogP contribution in [0.25, 0.3) is 11.0 Å². The minimum absolute atomic E-state index is 0.0156. The molecule has 0 amide bonds. The van der Waals surface area contributed by atoms with E-state index in [2.05, 4.69) is 35.9 Å². The molecule has 1 fully saturated rings. The van der Waals surface area contributed by atoms with Crippen molar-refractivity contribution >= 4 is 11.0 Å². The molecule has 21 heavy (non-hydrogen) atoms. The molecule has 1 aromatic carbocycles. The first-order chi connectivity index (χ1) is 10.1. The molecular formula is C16H23N3O2. The lowest BCUT2D eigenvalue weighted by molar-refractivity contribution is -0.00507. The fourth-order valence-corrected chi connectivity index (χ4v) is 3.05. The average molecular weight is 289 g/mol. The fraction of sp³-hybridized carbons (Fsp3) is 0.562. The first kappa shape index (κ1) is 14.5. The lowest BCUT2D eigenvalue weighted by Gasteiger charge is -2.34. The minimum atomic E-state index is -0.447. The van der Waals surface area contributed by atoms with Crippen molar-refractivity contribution in [1.29, 1.82) is 0 Å². The number of H-pyrrole nitrogens is 1. The minimum Gasteiger partial charge on any atom is -0.396 e. The number of nitrogens with one attached hydrogen (secondary N) is 1. The maximum absolute atomic E-state index is 10.0. The van der Waals surface area contributed by atoms with Crippen molar-refractivity contribution in [2.75, 3.05) is 19.7 Å². The van der Waals surface area contributed by atoms with Crippen LogP contribution in [-0.4, -0.2) is 50.9 Å². The van der Waals surface area contributed by atoms with Gasteiger partial charge < -0.3 is 15.2 Å². The Balaban J connectivity index is 1.75. The number of hydrogen-bond donors (Lipinski definition) is 3. The SMILES string of the molecule is Cc1ccc2[nH]c(CN3CC[C@H](CO)[C@@H](O)C3)nc2c1C. The number of benzene rings is 1. The van der Waals surface area contributed by atoms with E-state index in [0.717, 1.165) is 29.8 Å². The normalized spacial score (nSPS) is 23.8.